The van der Waals surface area contributed by atoms with Crippen LogP contribution in [-0.2, 0) is 16.1 Å². The third-order valence-corrected chi connectivity index (χ3v) is 5.33. The van der Waals surface area contributed by atoms with E-state index in [0.29, 0.717) is 19.1 Å². The molecule has 0 spiro atoms. The Balaban J connectivity index is 1.70. The van der Waals surface area contributed by atoms with E-state index in [0.717, 1.165) is 18.5 Å². The van der Waals surface area contributed by atoms with Crippen molar-refractivity contribution >= 4 is 5.91 Å². The lowest BCUT2D eigenvalue weighted by Gasteiger charge is -2.32. The SMILES string of the molecule is C[C@H]1OCC[C@@H]1C(=O)N(Cc1ccncc1)CC1CCCCC1. The van der Waals surface area contributed by atoms with E-state index in [1.165, 1.54) is 32.1 Å². The molecule has 1 aromatic rings. The van der Waals surface area contributed by atoms with Crippen LogP contribution in [0.25, 0.3) is 0 Å². The zero-order valence-corrected chi connectivity index (χ0v) is 14.1. The molecule has 1 aliphatic heterocycles. The van der Waals surface area contributed by atoms with E-state index in [-0.39, 0.29) is 17.9 Å². The van der Waals surface area contributed by atoms with E-state index in [2.05, 4.69) is 9.88 Å². The summed E-state index contributed by atoms with van der Waals surface area (Å²) in [6.45, 7) is 4.33. The van der Waals surface area contributed by atoms with E-state index in [9.17, 15) is 4.79 Å². The molecule has 1 amide bonds. The van der Waals surface area contributed by atoms with E-state index in [1.807, 2.05) is 19.1 Å². The van der Waals surface area contributed by atoms with Crippen LogP contribution in [-0.4, -0.2) is 35.0 Å². The van der Waals surface area contributed by atoms with Crippen molar-refractivity contribution in [2.45, 2.75) is 58.1 Å². The molecular formula is C19H28N2O2. The number of carbonyl (C=O) groups is 1. The fourth-order valence-corrected chi connectivity index (χ4v) is 3.91. The van der Waals surface area contributed by atoms with Gasteiger partial charge in [0.15, 0.2) is 0 Å². The highest BCUT2D eigenvalue weighted by atomic mass is 16.5. The molecule has 4 nitrogen and oxygen atoms in total. The first kappa shape index (κ1) is 16.4. The van der Waals surface area contributed by atoms with Gasteiger partial charge in [-0.05, 0) is 49.8 Å². The van der Waals surface area contributed by atoms with Gasteiger partial charge in [0.1, 0.15) is 0 Å². The average Bonchev–Trinajstić information content (AvgIpc) is 3.01. The molecule has 2 fully saturated rings. The van der Waals surface area contributed by atoms with Crippen molar-refractivity contribution in [3.05, 3.63) is 30.1 Å². The van der Waals surface area contributed by atoms with Crippen LogP contribution in [0.15, 0.2) is 24.5 Å². The summed E-state index contributed by atoms with van der Waals surface area (Å²) < 4.78 is 5.62. The molecule has 0 unspecified atom stereocenters. The number of carbonyl (C=O) groups excluding carboxylic acids is 1. The van der Waals surface area contributed by atoms with Crippen molar-refractivity contribution in [3.8, 4) is 0 Å². The Morgan fingerprint density at radius 2 is 1.96 bits per heavy atom. The summed E-state index contributed by atoms with van der Waals surface area (Å²) in [6.07, 6.45) is 11.0. The second-order valence-electron chi connectivity index (χ2n) is 7.05. The first-order chi connectivity index (χ1) is 11.2. The van der Waals surface area contributed by atoms with E-state index < -0.39 is 0 Å². The minimum atomic E-state index is 0.0282. The summed E-state index contributed by atoms with van der Waals surface area (Å²) in [5.74, 6) is 0.963. The minimum absolute atomic E-state index is 0.0282. The molecule has 2 aliphatic rings. The van der Waals surface area contributed by atoms with Crippen LogP contribution in [0.4, 0.5) is 0 Å². The summed E-state index contributed by atoms with van der Waals surface area (Å²) in [5, 5.41) is 0. The van der Waals surface area contributed by atoms with Crippen LogP contribution in [0.5, 0.6) is 0 Å². The van der Waals surface area contributed by atoms with E-state index in [1.54, 1.807) is 12.4 Å². The highest BCUT2D eigenvalue weighted by molar-refractivity contribution is 5.79. The molecule has 2 atom stereocenters. The molecule has 0 aromatic carbocycles. The molecule has 23 heavy (non-hydrogen) atoms. The zero-order valence-electron chi connectivity index (χ0n) is 14.1. The number of rotatable bonds is 5. The highest BCUT2D eigenvalue weighted by Gasteiger charge is 2.34. The smallest absolute Gasteiger partial charge is 0.228 e. The van der Waals surface area contributed by atoms with Crippen LogP contribution in [0, 0.1) is 11.8 Å². The standard InChI is InChI=1S/C19H28N2O2/c1-15-18(9-12-23-15)19(22)21(13-16-5-3-2-4-6-16)14-17-7-10-20-11-8-17/h7-8,10-11,15-16,18H,2-6,9,12-14H2,1H3/t15-,18+/m1/s1. The first-order valence-electron chi connectivity index (χ1n) is 9.03. The molecule has 4 heteroatoms. The lowest BCUT2D eigenvalue weighted by molar-refractivity contribution is -0.138. The molecule has 1 saturated heterocycles. The predicted octanol–water partition coefficient (Wildman–Crippen LogP) is 3.42. The van der Waals surface area contributed by atoms with Crippen molar-refractivity contribution in [1.29, 1.82) is 0 Å². The monoisotopic (exact) mass is 316 g/mol. The van der Waals surface area contributed by atoms with Crippen LogP contribution < -0.4 is 0 Å². The predicted molar refractivity (Wildman–Crippen MR) is 89.8 cm³/mol. The number of aromatic nitrogens is 1. The second-order valence-corrected chi connectivity index (χ2v) is 7.05. The Labute approximate surface area is 139 Å². The highest BCUT2D eigenvalue weighted by Crippen LogP contribution is 2.28. The fourth-order valence-electron chi connectivity index (χ4n) is 3.91. The van der Waals surface area contributed by atoms with Gasteiger partial charge in [-0.3, -0.25) is 9.78 Å². The zero-order chi connectivity index (χ0) is 16.1. The van der Waals surface area contributed by atoms with Crippen LogP contribution in [0.2, 0.25) is 0 Å². The molecule has 2 heterocycles. The molecule has 0 bridgehead atoms. The molecule has 1 aliphatic carbocycles. The van der Waals surface area contributed by atoms with Gasteiger partial charge in [0.2, 0.25) is 5.91 Å². The number of pyridine rings is 1. The molecule has 3 rings (SSSR count). The molecule has 1 aromatic heterocycles. The Hall–Kier alpha value is -1.42. The Morgan fingerprint density at radius 3 is 2.61 bits per heavy atom. The van der Waals surface area contributed by atoms with Gasteiger partial charge >= 0.3 is 0 Å². The number of hydrogen-bond donors (Lipinski definition) is 0. The molecule has 126 valence electrons. The third kappa shape index (κ3) is 4.31. The first-order valence-corrected chi connectivity index (χ1v) is 9.03. The Kier molecular flexibility index (Phi) is 5.65. The second kappa shape index (κ2) is 7.91. The van der Waals surface area contributed by atoms with Gasteiger partial charge < -0.3 is 9.64 Å². The van der Waals surface area contributed by atoms with Crippen LogP contribution in [0.1, 0.15) is 51.0 Å². The van der Waals surface area contributed by atoms with Crippen molar-refractivity contribution in [3.63, 3.8) is 0 Å². The number of hydrogen-bond acceptors (Lipinski definition) is 3. The normalized spacial score (nSPS) is 25.4. The quantitative estimate of drug-likeness (QED) is 0.836. The maximum Gasteiger partial charge on any atom is 0.228 e. The third-order valence-electron chi connectivity index (χ3n) is 5.33. The summed E-state index contributed by atoms with van der Waals surface area (Å²) in [4.78, 5) is 19.2. The lowest BCUT2D eigenvalue weighted by Crippen LogP contribution is -2.41. The van der Waals surface area contributed by atoms with Gasteiger partial charge in [-0.1, -0.05) is 19.3 Å². The van der Waals surface area contributed by atoms with Crippen molar-refractivity contribution in [1.82, 2.24) is 9.88 Å². The van der Waals surface area contributed by atoms with E-state index in [4.69, 9.17) is 4.74 Å². The molecule has 0 N–H and O–H groups in total. The number of nitrogens with zero attached hydrogens (tertiary/aromatic N) is 2. The summed E-state index contributed by atoms with van der Waals surface area (Å²) >= 11 is 0. The largest absolute Gasteiger partial charge is 0.378 e. The maximum absolute atomic E-state index is 13.1. The van der Waals surface area contributed by atoms with Crippen LogP contribution >= 0.6 is 0 Å². The van der Waals surface area contributed by atoms with Crippen LogP contribution in [0.3, 0.4) is 0 Å². The van der Waals surface area contributed by atoms with Crippen molar-refractivity contribution in [2.24, 2.45) is 11.8 Å². The van der Waals surface area contributed by atoms with Gasteiger partial charge in [0.05, 0.1) is 12.0 Å². The van der Waals surface area contributed by atoms with Crippen molar-refractivity contribution < 1.29 is 9.53 Å². The van der Waals surface area contributed by atoms with Gasteiger partial charge in [0.25, 0.3) is 0 Å². The van der Waals surface area contributed by atoms with Gasteiger partial charge in [-0.15, -0.1) is 0 Å². The molecule has 1 saturated carbocycles. The number of ether oxygens (including phenoxy) is 1. The van der Waals surface area contributed by atoms with E-state index >= 15 is 0 Å². The fraction of sp³-hybridized carbons (Fsp3) is 0.684. The lowest BCUT2D eigenvalue weighted by atomic mass is 9.88. The summed E-state index contributed by atoms with van der Waals surface area (Å²) in [5.41, 5.74) is 1.16. The molecular weight excluding hydrogens is 288 g/mol. The van der Waals surface area contributed by atoms with Gasteiger partial charge in [-0.2, -0.15) is 0 Å². The minimum Gasteiger partial charge on any atom is -0.378 e. The summed E-state index contributed by atoms with van der Waals surface area (Å²) in [7, 11) is 0. The summed E-state index contributed by atoms with van der Waals surface area (Å²) in [6, 6.07) is 4.02. The van der Waals surface area contributed by atoms with Crippen molar-refractivity contribution in [2.75, 3.05) is 13.2 Å². The van der Waals surface area contributed by atoms with Gasteiger partial charge in [-0.25, -0.2) is 0 Å². The average molecular weight is 316 g/mol. The molecule has 0 radical (unpaired) electrons. The van der Waals surface area contributed by atoms with Gasteiger partial charge in [0, 0.05) is 32.1 Å². The Bertz CT molecular complexity index is 499. The topological polar surface area (TPSA) is 42.4 Å². The Morgan fingerprint density at radius 1 is 1.22 bits per heavy atom. The number of amides is 1. The maximum atomic E-state index is 13.1.